The molecule has 2 saturated carbocycles. The molecule has 47 heavy (non-hydrogen) atoms. The van der Waals surface area contributed by atoms with Crippen LogP contribution in [0, 0.1) is 17.8 Å². The molecule has 0 amide bonds. The largest absolute Gasteiger partial charge is 0.494 e. The molecule has 1 unspecified atom stereocenters. The molecule has 266 valence electrons. The van der Waals surface area contributed by atoms with E-state index in [1.54, 1.807) is 0 Å². The molecule has 1 atom stereocenters. The third-order valence-corrected chi connectivity index (χ3v) is 13.6. The van der Waals surface area contributed by atoms with E-state index in [0.29, 0.717) is 24.2 Å². The fourth-order valence-electron chi connectivity index (χ4n) is 7.24. The molecule has 1 aromatic carbocycles. The standard InChI is InChI=1S/C39H62O7S/c1-5-6-7-9-32-10-12-33(13-11-32)34-14-16-35(17-15-34)36-18-20-37(21-19-36)45-22-8-24-47(4,25-23-46-39(43)31(3)27-41)29-44-28-38(42)30(2)26-40/h18-21,32-35,40-41H,2-3,5-17,22-29H2,1,4H3. The molecule has 2 N–H and O–H groups in total. The molecule has 0 bridgehead atoms. The van der Waals surface area contributed by atoms with Crippen molar-refractivity contribution in [3.63, 3.8) is 0 Å². The number of carbonyl (C=O) groups is 2. The van der Waals surface area contributed by atoms with Gasteiger partial charge in [0.25, 0.3) is 0 Å². The number of esters is 1. The van der Waals surface area contributed by atoms with Gasteiger partial charge in [-0.1, -0.05) is 70.7 Å². The molecule has 0 aromatic heterocycles. The highest BCUT2D eigenvalue weighted by molar-refractivity contribution is 8.33. The minimum atomic E-state index is -1.41. The number of hydrogen-bond donors (Lipinski definition) is 2. The second-order valence-electron chi connectivity index (χ2n) is 14.1. The van der Waals surface area contributed by atoms with E-state index < -0.39 is 29.2 Å². The number of benzene rings is 1. The monoisotopic (exact) mass is 674 g/mol. The Labute approximate surface area is 285 Å². The predicted molar refractivity (Wildman–Crippen MR) is 193 cm³/mol. The lowest BCUT2D eigenvalue weighted by atomic mass is 9.68. The van der Waals surface area contributed by atoms with Gasteiger partial charge in [0.05, 0.1) is 37.9 Å². The molecule has 1 aromatic rings. The predicted octanol–water partition coefficient (Wildman–Crippen LogP) is 7.73. The molecule has 0 spiro atoms. The van der Waals surface area contributed by atoms with Crippen LogP contribution in [0.15, 0.2) is 48.6 Å². The molecule has 2 fully saturated rings. The van der Waals surface area contributed by atoms with Gasteiger partial charge in [-0.2, -0.15) is 0 Å². The summed E-state index contributed by atoms with van der Waals surface area (Å²) in [6, 6.07) is 8.70. The van der Waals surface area contributed by atoms with E-state index in [4.69, 9.17) is 24.4 Å². The average Bonchev–Trinajstić information content (AvgIpc) is 3.10. The first-order valence-electron chi connectivity index (χ1n) is 18.0. The van der Waals surface area contributed by atoms with Crippen molar-refractivity contribution in [2.45, 2.75) is 96.3 Å². The van der Waals surface area contributed by atoms with Crippen LogP contribution in [0.25, 0.3) is 0 Å². The SMILES string of the molecule is C=C(CO)C(=O)COCS(C)(CCCOc1ccc(C2CCC(C3CCC(CCCCC)CC3)CC2)cc1)CCOC(=O)C(=C)CO. The fourth-order valence-corrected chi connectivity index (χ4v) is 9.46. The van der Waals surface area contributed by atoms with Crippen molar-refractivity contribution in [2.24, 2.45) is 17.8 Å². The number of hydrogen-bond acceptors (Lipinski definition) is 7. The highest BCUT2D eigenvalue weighted by atomic mass is 32.3. The Bertz CT molecular complexity index is 1070. The molecular formula is C39H62O7S. The minimum Gasteiger partial charge on any atom is -0.494 e. The van der Waals surface area contributed by atoms with Gasteiger partial charge in [-0.15, -0.1) is 0 Å². The van der Waals surface area contributed by atoms with Crippen LogP contribution in [-0.2, 0) is 19.1 Å². The van der Waals surface area contributed by atoms with Crippen LogP contribution >= 0.6 is 10.0 Å². The first-order chi connectivity index (χ1) is 22.7. The van der Waals surface area contributed by atoms with Crippen molar-refractivity contribution >= 4 is 21.8 Å². The number of aliphatic hydroxyl groups is 2. The van der Waals surface area contributed by atoms with Gasteiger partial charge in [0, 0.05) is 11.3 Å². The highest BCUT2D eigenvalue weighted by Crippen LogP contribution is 2.46. The van der Waals surface area contributed by atoms with E-state index in [2.05, 4.69) is 50.6 Å². The highest BCUT2D eigenvalue weighted by Gasteiger charge is 2.31. The maximum Gasteiger partial charge on any atom is 0.335 e. The summed E-state index contributed by atoms with van der Waals surface area (Å²) in [6.45, 7) is 9.12. The fraction of sp³-hybridized carbons (Fsp3) is 0.692. The quantitative estimate of drug-likeness (QED) is 0.0737. The molecule has 3 rings (SSSR count). The van der Waals surface area contributed by atoms with E-state index >= 15 is 0 Å². The van der Waals surface area contributed by atoms with Crippen LogP contribution in [0.2, 0.25) is 0 Å². The zero-order valence-electron chi connectivity index (χ0n) is 29.2. The van der Waals surface area contributed by atoms with Crippen LogP contribution in [0.1, 0.15) is 102 Å². The number of ketones is 1. The Kier molecular flexibility index (Phi) is 17.6. The maximum absolute atomic E-state index is 12.0. The Hall–Kier alpha value is -2.13. The van der Waals surface area contributed by atoms with Gasteiger partial charge >= 0.3 is 5.97 Å². The zero-order chi connectivity index (χ0) is 34.1. The van der Waals surface area contributed by atoms with Crippen molar-refractivity contribution in [2.75, 3.05) is 56.7 Å². The smallest absolute Gasteiger partial charge is 0.335 e. The summed E-state index contributed by atoms with van der Waals surface area (Å²) in [5.41, 5.74) is 1.57. The van der Waals surface area contributed by atoms with Gasteiger partial charge in [-0.3, -0.25) is 4.79 Å². The first kappa shape index (κ1) is 39.3. The average molecular weight is 675 g/mol. The minimum absolute atomic E-state index is 0.0173. The van der Waals surface area contributed by atoms with Gasteiger partial charge in [0.1, 0.15) is 12.4 Å². The van der Waals surface area contributed by atoms with Crippen LogP contribution in [0.3, 0.4) is 0 Å². The van der Waals surface area contributed by atoms with Crippen molar-refractivity contribution in [1.29, 1.82) is 0 Å². The summed E-state index contributed by atoms with van der Waals surface area (Å²) in [4.78, 5) is 24.0. The Morgan fingerprint density at radius 3 is 2.09 bits per heavy atom. The number of rotatable bonds is 22. The molecule has 2 aliphatic carbocycles. The van der Waals surface area contributed by atoms with Gasteiger partial charge in [-0.05, 0) is 98.3 Å². The van der Waals surface area contributed by atoms with Crippen LogP contribution in [0.4, 0.5) is 0 Å². The van der Waals surface area contributed by atoms with Gasteiger partial charge < -0.3 is 24.4 Å². The van der Waals surface area contributed by atoms with Gasteiger partial charge in [-0.25, -0.2) is 14.8 Å². The summed E-state index contributed by atoms with van der Waals surface area (Å²) in [5.74, 6) is 5.21. The molecule has 2 aliphatic rings. The van der Waals surface area contributed by atoms with E-state index in [0.717, 1.165) is 35.7 Å². The third-order valence-electron chi connectivity index (χ3n) is 10.4. The molecule has 0 saturated heterocycles. The normalized spacial score (nSPS) is 23.3. The molecule has 0 radical (unpaired) electrons. The molecule has 0 heterocycles. The maximum atomic E-state index is 12.0. The third kappa shape index (κ3) is 13.7. The van der Waals surface area contributed by atoms with E-state index in [1.165, 1.54) is 82.6 Å². The van der Waals surface area contributed by atoms with Gasteiger partial charge in [0.2, 0.25) is 0 Å². The van der Waals surface area contributed by atoms with Crippen molar-refractivity contribution in [3.05, 3.63) is 54.1 Å². The molecular weight excluding hydrogens is 612 g/mol. The van der Waals surface area contributed by atoms with Crippen LogP contribution < -0.4 is 4.74 Å². The summed E-state index contributed by atoms with van der Waals surface area (Å²) in [6.07, 6.45) is 19.7. The zero-order valence-corrected chi connectivity index (χ0v) is 30.0. The summed E-state index contributed by atoms with van der Waals surface area (Å²) < 4.78 is 17.1. The van der Waals surface area contributed by atoms with Crippen molar-refractivity contribution < 1.29 is 34.0 Å². The Morgan fingerprint density at radius 1 is 0.830 bits per heavy atom. The lowest BCUT2D eigenvalue weighted by Crippen LogP contribution is -2.25. The first-order valence-corrected chi connectivity index (χ1v) is 20.5. The van der Waals surface area contributed by atoms with Crippen molar-refractivity contribution in [3.8, 4) is 5.75 Å². The summed E-state index contributed by atoms with van der Waals surface area (Å²) in [7, 11) is -1.41. The van der Waals surface area contributed by atoms with Crippen molar-refractivity contribution in [1.82, 2.24) is 0 Å². The number of Topliss-reactive ketones (excluding diaryl/α,β-unsaturated/α-hetero) is 1. The summed E-state index contributed by atoms with van der Waals surface area (Å²) in [5, 5.41) is 18.3. The number of unbranched alkanes of at least 4 members (excludes halogenated alkanes) is 2. The second kappa shape index (κ2) is 21.1. The number of aliphatic hydroxyl groups excluding tert-OH is 2. The lowest BCUT2D eigenvalue weighted by molar-refractivity contribution is -0.138. The summed E-state index contributed by atoms with van der Waals surface area (Å²) >= 11 is 0. The molecule has 0 aliphatic heterocycles. The Morgan fingerprint density at radius 2 is 1.47 bits per heavy atom. The van der Waals surface area contributed by atoms with Crippen LogP contribution in [0.5, 0.6) is 5.75 Å². The van der Waals surface area contributed by atoms with Gasteiger partial charge in [0.15, 0.2) is 5.78 Å². The lowest BCUT2D eigenvalue weighted by Gasteiger charge is -2.38. The molecule has 7 nitrogen and oxygen atoms in total. The topological polar surface area (TPSA) is 102 Å². The molecule has 8 heteroatoms. The van der Waals surface area contributed by atoms with E-state index in [-0.39, 0.29) is 30.1 Å². The van der Waals surface area contributed by atoms with E-state index in [1.807, 2.05) is 0 Å². The van der Waals surface area contributed by atoms with E-state index in [9.17, 15) is 9.59 Å². The Balaban J connectivity index is 1.40. The second-order valence-corrected chi connectivity index (χ2v) is 18.1. The number of carbonyl (C=O) groups excluding carboxylic acids is 2. The van der Waals surface area contributed by atoms with Crippen LogP contribution in [-0.4, -0.2) is 78.7 Å². The number of ether oxygens (including phenoxy) is 3.